The first-order valence-corrected chi connectivity index (χ1v) is 14.0. The maximum absolute atomic E-state index is 13.5. The van der Waals surface area contributed by atoms with Crippen LogP contribution in [0.4, 0.5) is 11.4 Å². The number of hydrogen-bond donors (Lipinski definition) is 1. The van der Waals surface area contributed by atoms with Crippen molar-refractivity contribution in [1.29, 1.82) is 0 Å². The summed E-state index contributed by atoms with van der Waals surface area (Å²) in [5.41, 5.74) is 2.76. The summed E-state index contributed by atoms with van der Waals surface area (Å²) >= 11 is 7.82. The van der Waals surface area contributed by atoms with E-state index in [9.17, 15) is 13.2 Å². The van der Waals surface area contributed by atoms with Crippen LogP contribution in [-0.4, -0.2) is 20.9 Å². The van der Waals surface area contributed by atoms with E-state index >= 15 is 0 Å². The van der Waals surface area contributed by atoms with E-state index in [0.29, 0.717) is 22.0 Å². The van der Waals surface area contributed by atoms with Crippen LogP contribution >= 0.6 is 23.4 Å². The van der Waals surface area contributed by atoms with Gasteiger partial charge in [0.25, 0.3) is 10.0 Å². The number of sulfonamides is 1. The Morgan fingerprint density at radius 3 is 2.17 bits per heavy atom. The van der Waals surface area contributed by atoms with Crippen molar-refractivity contribution in [1.82, 2.24) is 0 Å². The first kappa shape index (κ1) is 25.8. The lowest BCUT2D eigenvalue weighted by Crippen LogP contribution is -2.38. The van der Waals surface area contributed by atoms with Gasteiger partial charge < -0.3 is 5.32 Å². The molecule has 0 radical (unpaired) electrons. The summed E-state index contributed by atoms with van der Waals surface area (Å²) in [6.07, 6.45) is 0. The molecule has 0 saturated heterocycles. The average Bonchev–Trinajstić information content (AvgIpc) is 2.88. The summed E-state index contributed by atoms with van der Waals surface area (Å²) in [7, 11) is -3.99. The number of halogens is 1. The molecule has 4 rings (SSSR count). The van der Waals surface area contributed by atoms with Gasteiger partial charge in [0.05, 0.1) is 10.6 Å². The van der Waals surface area contributed by atoms with Crippen molar-refractivity contribution >= 4 is 50.7 Å². The molecule has 0 aromatic heterocycles. The standard InChI is InChI=1S/C28H25ClN2O3S2/c1-21-18-23(29)14-17-27(21)31(36(33,34)26-10-6-3-7-11-26)19-28(32)30-24-15-12-22(13-16-24)20-35-25-8-4-2-5-9-25/h2-18H,19-20H2,1H3,(H,30,32). The molecule has 0 bridgehead atoms. The number of nitrogens with zero attached hydrogens (tertiary/aromatic N) is 1. The van der Waals surface area contributed by atoms with E-state index in [1.807, 2.05) is 42.5 Å². The van der Waals surface area contributed by atoms with Crippen molar-refractivity contribution in [3.05, 3.63) is 119 Å². The number of rotatable bonds is 9. The highest BCUT2D eigenvalue weighted by atomic mass is 35.5. The van der Waals surface area contributed by atoms with Crippen molar-refractivity contribution in [2.75, 3.05) is 16.2 Å². The van der Waals surface area contributed by atoms with Crippen LogP contribution in [0.2, 0.25) is 5.02 Å². The Labute approximate surface area is 221 Å². The van der Waals surface area contributed by atoms with Crippen LogP contribution in [0.3, 0.4) is 0 Å². The maximum atomic E-state index is 13.5. The van der Waals surface area contributed by atoms with Crippen LogP contribution in [0, 0.1) is 6.92 Å². The van der Waals surface area contributed by atoms with Gasteiger partial charge in [-0.3, -0.25) is 9.10 Å². The Morgan fingerprint density at radius 1 is 0.889 bits per heavy atom. The predicted molar refractivity (Wildman–Crippen MR) is 148 cm³/mol. The lowest BCUT2D eigenvalue weighted by molar-refractivity contribution is -0.114. The molecule has 184 valence electrons. The molecule has 0 unspecified atom stereocenters. The first-order valence-electron chi connectivity index (χ1n) is 11.2. The normalized spacial score (nSPS) is 11.2. The first-order chi connectivity index (χ1) is 17.3. The van der Waals surface area contributed by atoms with E-state index in [2.05, 4.69) is 17.4 Å². The van der Waals surface area contributed by atoms with Gasteiger partial charge >= 0.3 is 0 Å². The third-order valence-electron chi connectivity index (χ3n) is 5.43. The summed E-state index contributed by atoms with van der Waals surface area (Å²) in [4.78, 5) is 14.3. The summed E-state index contributed by atoms with van der Waals surface area (Å²) in [5, 5.41) is 3.31. The number of amides is 1. The quantitative estimate of drug-likeness (QED) is 0.240. The van der Waals surface area contributed by atoms with Crippen molar-refractivity contribution < 1.29 is 13.2 Å². The average molecular weight is 537 g/mol. The molecule has 0 aliphatic heterocycles. The monoisotopic (exact) mass is 536 g/mol. The van der Waals surface area contributed by atoms with E-state index in [1.54, 1.807) is 55.1 Å². The molecule has 4 aromatic rings. The number of carbonyl (C=O) groups is 1. The number of nitrogens with one attached hydrogen (secondary N) is 1. The van der Waals surface area contributed by atoms with E-state index in [0.717, 1.165) is 15.6 Å². The van der Waals surface area contributed by atoms with Crippen LogP contribution in [0.25, 0.3) is 0 Å². The van der Waals surface area contributed by atoms with Gasteiger partial charge in [-0.2, -0.15) is 0 Å². The number of thioether (sulfide) groups is 1. The van der Waals surface area contributed by atoms with Gasteiger partial charge in [-0.1, -0.05) is 60.1 Å². The molecule has 0 saturated carbocycles. The fourth-order valence-electron chi connectivity index (χ4n) is 3.62. The van der Waals surface area contributed by atoms with Gasteiger partial charge in [-0.25, -0.2) is 8.42 Å². The molecule has 8 heteroatoms. The fraction of sp³-hybridized carbons (Fsp3) is 0.107. The minimum atomic E-state index is -3.99. The Hall–Kier alpha value is -3.26. The highest BCUT2D eigenvalue weighted by Gasteiger charge is 2.28. The number of aryl methyl sites for hydroxylation is 1. The topological polar surface area (TPSA) is 66.5 Å². The van der Waals surface area contributed by atoms with Crippen molar-refractivity contribution in [3.8, 4) is 0 Å². The van der Waals surface area contributed by atoms with Crippen LogP contribution in [0.15, 0.2) is 113 Å². The van der Waals surface area contributed by atoms with Crippen LogP contribution in [0.1, 0.15) is 11.1 Å². The van der Waals surface area contributed by atoms with Gasteiger partial charge in [-0.15, -0.1) is 11.8 Å². The third-order valence-corrected chi connectivity index (χ3v) is 8.52. The molecular weight excluding hydrogens is 512 g/mol. The Kier molecular flexibility index (Phi) is 8.36. The third kappa shape index (κ3) is 6.49. The highest BCUT2D eigenvalue weighted by Crippen LogP contribution is 2.29. The summed E-state index contributed by atoms with van der Waals surface area (Å²) in [6.45, 7) is 1.38. The molecule has 5 nitrogen and oxygen atoms in total. The summed E-state index contributed by atoms with van der Waals surface area (Å²) < 4.78 is 28.1. The van der Waals surface area contributed by atoms with Crippen LogP contribution < -0.4 is 9.62 Å². The smallest absolute Gasteiger partial charge is 0.264 e. The van der Waals surface area contributed by atoms with Crippen LogP contribution in [-0.2, 0) is 20.6 Å². The molecule has 1 N–H and O–H groups in total. The van der Waals surface area contributed by atoms with Crippen molar-refractivity contribution in [2.45, 2.75) is 22.5 Å². The van der Waals surface area contributed by atoms with Crippen molar-refractivity contribution in [2.24, 2.45) is 0 Å². The highest BCUT2D eigenvalue weighted by molar-refractivity contribution is 7.98. The molecule has 1 amide bonds. The lowest BCUT2D eigenvalue weighted by Gasteiger charge is -2.25. The van der Waals surface area contributed by atoms with Crippen molar-refractivity contribution in [3.63, 3.8) is 0 Å². The SMILES string of the molecule is Cc1cc(Cl)ccc1N(CC(=O)Nc1ccc(CSc2ccccc2)cc1)S(=O)(=O)c1ccccc1. The van der Waals surface area contributed by atoms with Gasteiger partial charge in [0, 0.05) is 21.4 Å². The van der Waals surface area contributed by atoms with Crippen LogP contribution in [0.5, 0.6) is 0 Å². The number of carbonyl (C=O) groups excluding carboxylic acids is 1. The van der Waals surface area contributed by atoms with E-state index in [1.165, 1.54) is 17.0 Å². The number of hydrogen-bond acceptors (Lipinski definition) is 4. The Balaban J connectivity index is 1.50. The zero-order valence-electron chi connectivity index (χ0n) is 19.6. The Morgan fingerprint density at radius 2 is 1.53 bits per heavy atom. The summed E-state index contributed by atoms with van der Waals surface area (Å²) in [5.74, 6) is 0.354. The van der Waals surface area contributed by atoms with Gasteiger partial charge in [0.1, 0.15) is 6.54 Å². The fourth-order valence-corrected chi connectivity index (χ4v) is 6.23. The predicted octanol–water partition coefficient (Wildman–Crippen LogP) is 6.77. The second-order valence-corrected chi connectivity index (χ2v) is 11.4. The minimum Gasteiger partial charge on any atom is -0.325 e. The van der Waals surface area contributed by atoms with Gasteiger partial charge in [0.15, 0.2) is 0 Å². The second kappa shape index (κ2) is 11.6. The number of benzene rings is 4. The zero-order valence-corrected chi connectivity index (χ0v) is 22.0. The maximum Gasteiger partial charge on any atom is 0.264 e. The molecular formula is C28H25ClN2O3S2. The molecule has 36 heavy (non-hydrogen) atoms. The molecule has 4 aromatic carbocycles. The van der Waals surface area contributed by atoms with Gasteiger partial charge in [-0.05, 0) is 72.6 Å². The molecule has 0 aliphatic rings. The number of anilines is 2. The molecule has 0 spiro atoms. The second-order valence-electron chi connectivity index (χ2n) is 8.10. The summed E-state index contributed by atoms with van der Waals surface area (Å²) in [6, 6.07) is 30.7. The molecule has 0 atom stereocenters. The minimum absolute atomic E-state index is 0.104. The molecule has 0 fully saturated rings. The zero-order chi connectivity index (χ0) is 25.5. The largest absolute Gasteiger partial charge is 0.325 e. The lowest BCUT2D eigenvalue weighted by atomic mass is 10.2. The van der Waals surface area contributed by atoms with E-state index < -0.39 is 15.9 Å². The Bertz CT molecular complexity index is 1430. The van der Waals surface area contributed by atoms with E-state index in [-0.39, 0.29) is 11.4 Å². The molecule has 0 aliphatic carbocycles. The van der Waals surface area contributed by atoms with Gasteiger partial charge in [0.2, 0.25) is 5.91 Å². The van der Waals surface area contributed by atoms with E-state index in [4.69, 9.17) is 11.6 Å². The molecule has 0 heterocycles.